The zero-order chi connectivity index (χ0) is 15.0. The minimum absolute atomic E-state index is 0.881. The predicted octanol–water partition coefficient (Wildman–Crippen LogP) is 4.11. The Morgan fingerprint density at radius 2 is 1.67 bits per heavy atom. The SMILES string of the molecule is Cc1cccc(C(C)(O)c2ccc3nc(C)ccc3c2)c1. The number of rotatable bonds is 2. The van der Waals surface area contributed by atoms with Gasteiger partial charge in [-0.05, 0) is 50.1 Å². The van der Waals surface area contributed by atoms with Crippen LogP contribution in [0.3, 0.4) is 0 Å². The summed E-state index contributed by atoms with van der Waals surface area (Å²) in [6, 6.07) is 18.0. The third-order valence-corrected chi connectivity index (χ3v) is 3.97. The van der Waals surface area contributed by atoms with Crippen LogP contribution in [0.25, 0.3) is 10.9 Å². The average Bonchev–Trinajstić information content (AvgIpc) is 2.46. The van der Waals surface area contributed by atoms with E-state index in [9.17, 15) is 5.11 Å². The van der Waals surface area contributed by atoms with E-state index in [1.54, 1.807) is 0 Å². The van der Waals surface area contributed by atoms with E-state index in [2.05, 4.69) is 4.98 Å². The zero-order valence-corrected chi connectivity index (χ0v) is 12.6. The quantitative estimate of drug-likeness (QED) is 0.764. The Kier molecular flexibility index (Phi) is 3.26. The van der Waals surface area contributed by atoms with Gasteiger partial charge < -0.3 is 5.11 Å². The van der Waals surface area contributed by atoms with Crippen LogP contribution in [0, 0.1) is 13.8 Å². The van der Waals surface area contributed by atoms with Crippen LogP contribution in [0.1, 0.15) is 29.3 Å². The molecule has 0 aliphatic rings. The van der Waals surface area contributed by atoms with Crippen LogP contribution >= 0.6 is 0 Å². The molecule has 1 atom stereocenters. The Morgan fingerprint density at radius 3 is 2.43 bits per heavy atom. The van der Waals surface area contributed by atoms with Crippen molar-refractivity contribution in [3.8, 4) is 0 Å². The van der Waals surface area contributed by atoms with Gasteiger partial charge in [0.05, 0.1) is 5.52 Å². The number of aryl methyl sites for hydroxylation is 2. The minimum atomic E-state index is -1.01. The molecule has 0 fully saturated rings. The molecule has 3 rings (SSSR count). The van der Waals surface area contributed by atoms with Crippen molar-refractivity contribution in [3.05, 3.63) is 77.0 Å². The van der Waals surface area contributed by atoms with Crippen LogP contribution in [0.2, 0.25) is 0 Å². The van der Waals surface area contributed by atoms with Crippen LogP contribution < -0.4 is 0 Å². The Bertz CT molecular complexity index is 806. The van der Waals surface area contributed by atoms with Crippen molar-refractivity contribution in [2.75, 3.05) is 0 Å². The van der Waals surface area contributed by atoms with Crippen LogP contribution in [0.5, 0.6) is 0 Å². The van der Waals surface area contributed by atoms with Crippen molar-refractivity contribution in [1.29, 1.82) is 0 Å². The van der Waals surface area contributed by atoms with Gasteiger partial charge in [0.2, 0.25) is 0 Å². The highest BCUT2D eigenvalue weighted by Crippen LogP contribution is 2.31. The van der Waals surface area contributed by atoms with Crippen molar-refractivity contribution < 1.29 is 5.11 Å². The highest BCUT2D eigenvalue weighted by Gasteiger charge is 2.25. The van der Waals surface area contributed by atoms with Gasteiger partial charge >= 0.3 is 0 Å². The van der Waals surface area contributed by atoms with Gasteiger partial charge in [-0.25, -0.2) is 0 Å². The maximum absolute atomic E-state index is 11.0. The molecule has 0 aliphatic carbocycles. The molecule has 1 unspecified atom stereocenters. The summed E-state index contributed by atoms with van der Waals surface area (Å²) in [5.74, 6) is 0. The van der Waals surface area contributed by atoms with E-state index in [0.29, 0.717) is 0 Å². The fourth-order valence-corrected chi connectivity index (χ4v) is 2.64. The maximum Gasteiger partial charge on any atom is 0.112 e. The first kappa shape index (κ1) is 13.8. The highest BCUT2D eigenvalue weighted by molar-refractivity contribution is 5.79. The standard InChI is InChI=1S/C19H19NO/c1-13-5-4-6-16(11-13)19(3,21)17-9-10-18-15(12-17)8-7-14(2)20-18/h4-12,21H,1-3H3. The minimum Gasteiger partial charge on any atom is -0.381 e. The molecule has 3 aromatic rings. The van der Waals surface area contributed by atoms with Crippen LogP contribution in [0.4, 0.5) is 0 Å². The van der Waals surface area contributed by atoms with Crippen molar-refractivity contribution in [3.63, 3.8) is 0 Å². The number of fused-ring (bicyclic) bond motifs is 1. The first-order chi connectivity index (χ1) is 9.96. The summed E-state index contributed by atoms with van der Waals surface area (Å²) in [6.07, 6.45) is 0. The fourth-order valence-electron chi connectivity index (χ4n) is 2.64. The smallest absolute Gasteiger partial charge is 0.112 e. The van der Waals surface area contributed by atoms with Gasteiger partial charge in [-0.15, -0.1) is 0 Å². The molecule has 0 radical (unpaired) electrons. The molecule has 0 bridgehead atoms. The summed E-state index contributed by atoms with van der Waals surface area (Å²) >= 11 is 0. The monoisotopic (exact) mass is 277 g/mol. The van der Waals surface area contributed by atoms with Gasteiger partial charge in [-0.3, -0.25) is 4.98 Å². The van der Waals surface area contributed by atoms with Crippen LogP contribution in [-0.4, -0.2) is 10.1 Å². The molecule has 2 aromatic carbocycles. The molecule has 106 valence electrons. The lowest BCUT2D eigenvalue weighted by Gasteiger charge is -2.25. The second-order valence-electron chi connectivity index (χ2n) is 5.80. The lowest BCUT2D eigenvalue weighted by Crippen LogP contribution is -2.22. The fraction of sp³-hybridized carbons (Fsp3) is 0.211. The van der Waals surface area contributed by atoms with Gasteiger partial charge in [-0.1, -0.05) is 42.0 Å². The molecule has 1 heterocycles. The van der Waals surface area contributed by atoms with Gasteiger partial charge in [0.25, 0.3) is 0 Å². The molecule has 2 nitrogen and oxygen atoms in total. The summed E-state index contributed by atoms with van der Waals surface area (Å²) < 4.78 is 0. The Labute approximate surface area is 125 Å². The third-order valence-electron chi connectivity index (χ3n) is 3.97. The van der Waals surface area contributed by atoms with Gasteiger partial charge in [0.1, 0.15) is 5.60 Å². The number of aromatic nitrogens is 1. The normalized spacial score (nSPS) is 14.1. The zero-order valence-electron chi connectivity index (χ0n) is 12.6. The number of hydrogen-bond donors (Lipinski definition) is 1. The summed E-state index contributed by atoms with van der Waals surface area (Å²) in [6.45, 7) is 5.85. The highest BCUT2D eigenvalue weighted by atomic mass is 16.3. The Hall–Kier alpha value is -2.19. The maximum atomic E-state index is 11.0. The summed E-state index contributed by atoms with van der Waals surface area (Å²) in [5.41, 5.74) is 3.88. The lowest BCUT2D eigenvalue weighted by molar-refractivity contribution is 0.102. The van der Waals surface area contributed by atoms with E-state index in [1.807, 2.05) is 75.4 Å². The van der Waals surface area contributed by atoms with E-state index >= 15 is 0 Å². The topological polar surface area (TPSA) is 33.1 Å². The first-order valence-corrected chi connectivity index (χ1v) is 7.14. The molecular formula is C19H19NO. The largest absolute Gasteiger partial charge is 0.381 e. The van der Waals surface area contributed by atoms with Gasteiger partial charge in [-0.2, -0.15) is 0 Å². The Morgan fingerprint density at radius 1 is 0.905 bits per heavy atom. The molecule has 1 N–H and O–H groups in total. The third kappa shape index (κ3) is 2.55. The molecule has 0 spiro atoms. The molecule has 0 saturated heterocycles. The molecule has 0 amide bonds. The van der Waals surface area contributed by atoms with Crippen molar-refractivity contribution >= 4 is 10.9 Å². The molecular weight excluding hydrogens is 258 g/mol. The number of pyridine rings is 1. The first-order valence-electron chi connectivity index (χ1n) is 7.14. The van der Waals surface area contributed by atoms with Gasteiger partial charge in [0, 0.05) is 11.1 Å². The van der Waals surface area contributed by atoms with E-state index in [0.717, 1.165) is 33.3 Å². The molecule has 21 heavy (non-hydrogen) atoms. The Balaban J connectivity index is 2.12. The predicted molar refractivity (Wildman–Crippen MR) is 86.3 cm³/mol. The average molecular weight is 277 g/mol. The second-order valence-corrected chi connectivity index (χ2v) is 5.80. The van der Waals surface area contributed by atoms with Crippen molar-refractivity contribution in [2.45, 2.75) is 26.4 Å². The lowest BCUT2D eigenvalue weighted by atomic mass is 9.87. The van der Waals surface area contributed by atoms with Crippen molar-refractivity contribution in [1.82, 2.24) is 4.98 Å². The van der Waals surface area contributed by atoms with Crippen molar-refractivity contribution in [2.24, 2.45) is 0 Å². The summed E-state index contributed by atoms with van der Waals surface area (Å²) in [5, 5.41) is 12.0. The number of benzene rings is 2. The second kappa shape index (κ2) is 4.97. The molecule has 0 aliphatic heterocycles. The van der Waals surface area contributed by atoms with Gasteiger partial charge in [0.15, 0.2) is 0 Å². The summed E-state index contributed by atoms with van der Waals surface area (Å²) in [7, 11) is 0. The van der Waals surface area contributed by atoms with E-state index in [4.69, 9.17) is 0 Å². The van der Waals surface area contributed by atoms with Crippen LogP contribution in [0.15, 0.2) is 54.6 Å². The molecule has 0 saturated carbocycles. The number of nitrogens with zero attached hydrogens (tertiary/aromatic N) is 1. The number of aliphatic hydroxyl groups is 1. The van der Waals surface area contributed by atoms with E-state index in [-0.39, 0.29) is 0 Å². The summed E-state index contributed by atoms with van der Waals surface area (Å²) in [4.78, 5) is 4.50. The molecule has 2 heteroatoms. The molecule has 1 aromatic heterocycles. The van der Waals surface area contributed by atoms with E-state index in [1.165, 1.54) is 0 Å². The van der Waals surface area contributed by atoms with E-state index < -0.39 is 5.60 Å². The van der Waals surface area contributed by atoms with Crippen LogP contribution in [-0.2, 0) is 5.60 Å². The number of hydrogen-bond acceptors (Lipinski definition) is 2.